The number of benzene rings is 3. The van der Waals surface area contributed by atoms with Gasteiger partial charge in [-0.3, -0.25) is 14.9 Å². The number of carbonyl (C=O) groups is 2. The van der Waals surface area contributed by atoms with E-state index >= 15 is 0 Å². The van der Waals surface area contributed by atoms with E-state index in [1.165, 1.54) is 0 Å². The van der Waals surface area contributed by atoms with Crippen molar-refractivity contribution in [1.82, 2.24) is 14.9 Å². The van der Waals surface area contributed by atoms with E-state index in [1.807, 2.05) is 42.5 Å². The second-order valence-corrected chi connectivity index (χ2v) is 7.74. The third-order valence-corrected chi connectivity index (χ3v) is 5.52. The van der Waals surface area contributed by atoms with Gasteiger partial charge < -0.3 is 19.4 Å². The van der Waals surface area contributed by atoms with Crippen molar-refractivity contribution in [2.24, 2.45) is 0 Å². The number of rotatable bonds is 8. The van der Waals surface area contributed by atoms with Gasteiger partial charge in [0.05, 0.1) is 19.2 Å². The zero-order chi connectivity index (χ0) is 24.1. The average molecular weight is 459 g/mol. The highest BCUT2D eigenvalue weighted by Crippen LogP contribution is 2.33. The van der Waals surface area contributed by atoms with E-state index in [1.54, 1.807) is 50.4 Å². The van der Waals surface area contributed by atoms with Crippen molar-refractivity contribution in [2.75, 3.05) is 39.7 Å². The van der Waals surface area contributed by atoms with Crippen LogP contribution in [0.1, 0.15) is 20.7 Å². The van der Waals surface area contributed by atoms with E-state index in [9.17, 15) is 9.59 Å². The van der Waals surface area contributed by atoms with Crippen LogP contribution < -0.4 is 10.1 Å². The number of aromatic amines is 1. The Morgan fingerprint density at radius 2 is 1.68 bits per heavy atom. The number of hydrogen-bond acceptors (Lipinski definition) is 5. The van der Waals surface area contributed by atoms with E-state index in [0.717, 1.165) is 16.6 Å². The van der Waals surface area contributed by atoms with Gasteiger partial charge in [0.15, 0.2) is 0 Å². The fraction of sp³-hybridized carbons (Fsp3) is 0.192. The number of imidazole rings is 1. The molecule has 174 valence electrons. The van der Waals surface area contributed by atoms with Gasteiger partial charge in [0, 0.05) is 37.4 Å². The Hall–Kier alpha value is -4.17. The molecule has 4 aromatic rings. The molecule has 3 aromatic carbocycles. The van der Waals surface area contributed by atoms with Crippen LogP contribution in [0, 0.1) is 0 Å². The van der Waals surface area contributed by atoms with Crippen molar-refractivity contribution in [3.63, 3.8) is 0 Å². The molecular weight excluding hydrogens is 432 g/mol. The molecule has 4 rings (SSSR count). The zero-order valence-electron chi connectivity index (χ0n) is 19.3. The minimum Gasteiger partial charge on any atom is -0.494 e. The Morgan fingerprint density at radius 1 is 0.971 bits per heavy atom. The molecule has 0 saturated carbocycles. The van der Waals surface area contributed by atoms with Crippen LogP contribution in [0.2, 0.25) is 0 Å². The summed E-state index contributed by atoms with van der Waals surface area (Å²) in [4.78, 5) is 34.6. The summed E-state index contributed by atoms with van der Waals surface area (Å²) >= 11 is 0. The molecule has 1 heterocycles. The number of amides is 2. The smallest absolute Gasteiger partial charge is 0.257 e. The Morgan fingerprint density at radius 3 is 2.35 bits per heavy atom. The molecule has 0 atom stereocenters. The van der Waals surface area contributed by atoms with Crippen molar-refractivity contribution in [2.45, 2.75) is 0 Å². The van der Waals surface area contributed by atoms with Crippen LogP contribution in [0.4, 0.5) is 5.95 Å². The third kappa shape index (κ3) is 4.77. The molecular formula is C26H26N4O4. The van der Waals surface area contributed by atoms with Gasteiger partial charge in [0.2, 0.25) is 5.95 Å². The molecule has 0 fully saturated rings. The molecule has 0 spiro atoms. The highest BCUT2D eigenvalue weighted by Gasteiger charge is 2.17. The number of hydrogen-bond donors (Lipinski definition) is 2. The summed E-state index contributed by atoms with van der Waals surface area (Å²) in [5.41, 5.74) is 4.26. The Labute approximate surface area is 197 Å². The summed E-state index contributed by atoms with van der Waals surface area (Å²) in [6, 6.07) is 20.2. The number of ether oxygens (including phenoxy) is 2. The van der Waals surface area contributed by atoms with Crippen LogP contribution in [0.3, 0.4) is 0 Å². The van der Waals surface area contributed by atoms with Gasteiger partial charge >= 0.3 is 0 Å². The quantitative estimate of drug-likeness (QED) is 0.412. The first-order valence-corrected chi connectivity index (χ1v) is 10.8. The number of anilines is 1. The molecule has 0 radical (unpaired) electrons. The lowest BCUT2D eigenvalue weighted by Gasteiger charge is -2.16. The van der Waals surface area contributed by atoms with E-state index in [4.69, 9.17) is 9.47 Å². The minimum absolute atomic E-state index is 0.137. The lowest BCUT2D eigenvalue weighted by atomic mass is 10.0. The lowest BCUT2D eigenvalue weighted by molar-refractivity contribution is 0.0744. The van der Waals surface area contributed by atoms with E-state index in [0.29, 0.717) is 41.5 Å². The number of likely N-dealkylation sites (N-methyl/N-ethyl adjacent to an activating group) is 1. The molecule has 0 aliphatic heterocycles. The minimum atomic E-state index is -0.342. The molecule has 2 amide bonds. The Bertz CT molecular complexity index is 1300. The van der Waals surface area contributed by atoms with Gasteiger partial charge in [-0.05, 0) is 42.0 Å². The standard InChI is InChI=1S/C26H26N4O4/c1-30(15-16-33-2)25(32)19-11-9-18(10-12-19)24(31)29-26-27-22-20(17-7-5-4-6-8-17)13-14-21(34-3)23(22)28-26/h4-14H,15-16H2,1-3H3,(H2,27,28,29,31). The molecule has 0 bridgehead atoms. The Kier molecular flexibility index (Phi) is 6.89. The van der Waals surface area contributed by atoms with Crippen LogP contribution in [-0.4, -0.2) is 61.1 Å². The Balaban J connectivity index is 1.56. The van der Waals surface area contributed by atoms with Gasteiger partial charge in [-0.15, -0.1) is 0 Å². The number of nitrogens with zero attached hydrogens (tertiary/aromatic N) is 2. The van der Waals surface area contributed by atoms with Crippen molar-refractivity contribution < 1.29 is 19.1 Å². The molecule has 1 aromatic heterocycles. The molecule has 0 unspecified atom stereocenters. The predicted molar refractivity (Wildman–Crippen MR) is 131 cm³/mol. The predicted octanol–water partition coefficient (Wildman–Crippen LogP) is 4.21. The topological polar surface area (TPSA) is 96.6 Å². The van der Waals surface area contributed by atoms with Gasteiger partial charge in [-0.2, -0.15) is 0 Å². The zero-order valence-corrected chi connectivity index (χ0v) is 19.3. The second-order valence-electron chi connectivity index (χ2n) is 7.74. The maximum absolute atomic E-state index is 12.8. The highest BCUT2D eigenvalue weighted by molar-refractivity contribution is 6.05. The number of H-pyrrole nitrogens is 1. The maximum atomic E-state index is 12.8. The first-order chi connectivity index (χ1) is 16.5. The van der Waals surface area contributed by atoms with E-state index in [2.05, 4.69) is 15.3 Å². The van der Waals surface area contributed by atoms with Crippen molar-refractivity contribution in [3.05, 3.63) is 77.9 Å². The van der Waals surface area contributed by atoms with Crippen LogP contribution in [0.15, 0.2) is 66.7 Å². The normalized spacial score (nSPS) is 10.8. The monoisotopic (exact) mass is 458 g/mol. The molecule has 0 aliphatic carbocycles. The van der Waals surface area contributed by atoms with Crippen LogP contribution in [0.25, 0.3) is 22.2 Å². The molecule has 34 heavy (non-hydrogen) atoms. The summed E-state index contributed by atoms with van der Waals surface area (Å²) in [5.74, 6) is 0.431. The first kappa shape index (κ1) is 23.0. The van der Waals surface area contributed by atoms with Crippen LogP contribution in [0.5, 0.6) is 5.75 Å². The number of nitrogens with one attached hydrogen (secondary N) is 2. The van der Waals surface area contributed by atoms with Crippen molar-refractivity contribution in [3.8, 4) is 16.9 Å². The summed E-state index contributed by atoms with van der Waals surface area (Å²) < 4.78 is 10.5. The van der Waals surface area contributed by atoms with Crippen molar-refractivity contribution >= 4 is 28.8 Å². The molecule has 8 heteroatoms. The molecule has 0 saturated heterocycles. The molecule has 2 N–H and O–H groups in total. The maximum Gasteiger partial charge on any atom is 0.257 e. The number of aromatic nitrogens is 2. The summed E-state index contributed by atoms with van der Waals surface area (Å²) in [7, 11) is 4.88. The first-order valence-electron chi connectivity index (χ1n) is 10.8. The third-order valence-electron chi connectivity index (χ3n) is 5.52. The van der Waals surface area contributed by atoms with Gasteiger partial charge in [-0.25, -0.2) is 4.98 Å². The summed E-state index contributed by atoms with van der Waals surface area (Å²) in [6.07, 6.45) is 0. The number of carbonyl (C=O) groups excluding carboxylic acids is 2. The van der Waals surface area contributed by atoms with Crippen LogP contribution >= 0.6 is 0 Å². The van der Waals surface area contributed by atoms with Gasteiger partial charge in [-0.1, -0.05) is 30.3 Å². The highest BCUT2D eigenvalue weighted by atomic mass is 16.5. The molecule has 0 aliphatic rings. The summed E-state index contributed by atoms with van der Waals surface area (Å²) in [6.45, 7) is 0.940. The average Bonchev–Trinajstić information content (AvgIpc) is 3.30. The van der Waals surface area contributed by atoms with Crippen LogP contribution in [-0.2, 0) is 4.74 Å². The number of methoxy groups -OCH3 is 2. The second kappa shape index (κ2) is 10.2. The summed E-state index contributed by atoms with van der Waals surface area (Å²) in [5, 5.41) is 2.80. The van der Waals surface area contributed by atoms with E-state index in [-0.39, 0.29) is 11.8 Å². The van der Waals surface area contributed by atoms with Crippen molar-refractivity contribution in [1.29, 1.82) is 0 Å². The fourth-order valence-corrected chi connectivity index (χ4v) is 3.64. The largest absolute Gasteiger partial charge is 0.494 e. The number of fused-ring (bicyclic) bond motifs is 1. The van der Waals surface area contributed by atoms with Gasteiger partial charge in [0.1, 0.15) is 11.3 Å². The van der Waals surface area contributed by atoms with E-state index < -0.39 is 0 Å². The SMILES string of the molecule is COCCN(C)C(=O)c1ccc(C(=O)Nc2nc3c(OC)ccc(-c4ccccc4)c3[nH]2)cc1. The van der Waals surface area contributed by atoms with Gasteiger partial charge in [0.25, 0.3) is 11.8 Å². The molecule has 8 nitrogen and oxygen atoms in total. The fourth-order valence-electron chi connectivity index (χ4n) is 3.64. The lowest BCUT2D eigenvalue weighted by Crippen LogP contribution is -2.29.